The summed E-state index contributed by atoms with van der Waals surface area (Å²) in [7, 11) is 3.67. The highest BCUT2D eigenvalue weighted by Crippen LogP contribution is 2.18. The Kier molecular flexibility index (Phi) is 4.58. The third-order valence-corrected chi connectivity index (χ3v) is 3.35. The third-order valence-electron chi connectivity index (χ3n) is 3.35. The molecule has 0 fully saturated rings. The summed E-state index contributed by atoms with van der Waals surface area (Å²) in [4.78, 5) is 0. The lowest BCUT2D eigenvalue weighted by Gasteiger charge is -2.15. The minimum absolute atomic E-state index is 0.309. The van der Waals surface area contributed by atoms with Crippen LogP contribution in [0.5, 0.6) is 5.75 Å². The number of rotatable bonds is 6. The number of benzene rings is 1. The Morgan fingerprint density at radius 2 is 2.21 bits per heavy atom. The van der Waals surface area contributed by atoms with Crippen molar-refractivity contribution in [1.82, 2.24) is 15.1 Å². The molecule has 1 aromatic carbocycles. The van der Waals surface area contributed by atoms with Gasteiger partial charge in [0.2, 0.25) is 0 Å². The van der Waals surface area contributed by atoms with Crippen LogP contribution in [0.4, 0.5) is 0 Å². The first kappa shape index (κ1) is 13.6. The Bertz CT molecular complexity index is 522. The van der Waals surface area contributed by atoms with Gasteiger partial charge in [-0.2, -0.15) is 5.10 Å². The van der Waals surface area contributed by atoms with Gasteiger partial charge in [-0.1, -0.05) is 12.1 Å². The predicted octanol–water partition coefficient (Wildman–Crippen LogP) is 2.32. The number of nitrogens with zero attached hydrogens (tertiary/aromatic N) is 2. The van der Waals surface area contributed by atoms with Crippen LogP contribution in [0, 0.1) is 0 Å². The van der Waals surface area contributed by atoms with Crippen LogP contribution in [0.25, 0.3) is 0 Å². The minimum Gasteiger partial charge on any atom is -0.497 e. The summed E-state index contributed by atoms with van der Waals surface area (Å²) in [5, 5.41) is 7.69. The zero-order valence-electron chi connectivity index (χ0n) is 11.8. The van der Waals surface area contributed by atoms with Gasteiger partial charge in [-0.05, 0) is 30.7 Å². The van der Waals surface area contributed by atoms with Gasteiger partial charge >= 0.3 is 0 Å². The lowest BCUT2D eigenvalue weighted by molar-refractivity contribution is 0.413. The number of nitrogens with one attached hydrogen (secondary N) is 1. The number of methoxy groups -OCH3 is 1. The smallest absolute Gasteiger partial charge is 0.119 e. The van der Waals surface area contributed by atoms with Gasteiger partial charge < -0.3 is 10.1 Å². The molecular weight excluding hydrogens is 238 g/mol. The maximum absolute atomic E-state index is 5.24. The predicted molar refractivity (Wildman–Crippen MR) is 76.3 cm³/mol. The van der Waals surface area contributed by atoms with Crippen molar-refractivity contribution in [3.63, 3.8) is 0 Å². The van der Waals surface area contributed by atoms with Gasteiger partial charge in [0.25, 0.3) is 0 Å². The first-order chi connectivity index (χ1) is 9.20. The molecule has 0 saturated carbocycles. The monoisotopic (exact) mass is 259 g/mol. The summed E-state index contributed by atoms with van der Waals surface area (Å²) >= 11 is 0. The standard InChI is InChI=1S/C15H21N3O/c1-12(13-5-4-6-15(11-13)19-3)16-9-7-14-8-10-17-18(14)2/h4-6,8,10-12,16H,7,9H2,1-3H3. The van der Waals surface area contributed by atoms with Crippen LogP contribution in [0.15, 0.2) is 36.5 Å². The summed E-state index contributed by atoms with van der Waals surface area (Å²) in [6.07, 6.45) is 2.81. The second-order valence-electron chi connectivity index (χ2n) is 4.65. The van der Waals surface area contributed by atoms with E-state index in [2.05, 4.69) is 35.5 Å². The number of hydrogen-bond donors (Lipinski definition) is 1. The zero-order valence-corrected chi connectivity index (χ0v) is 11.8. The molecular formula is C15H21N3O. The molecule has 0 spiro atoms. The Hall–Kier alpha value is -1.81. The number of aromatic nitrogens is 2. The largest absolute Gasteiger partial charge is 0.497 e. The van der Waals surface area contributed by atoms with E-state index in [1.165, 1.54) is 11.3 Å². The molecule has 19 heavy (non-hydrogen) atoms. The SMILES string of the molecule is COc1cccc(C(C)NCCc2ccnn2C)c1. The van der Waals surface area contributed by atoms with Crippen molar-refractivity contribution in [2.45, 2.75) is 19.4 Å². The van der Waals surface area contributed by atoms with Gasteiger partial charge in [-0.25, -0.2) is 0 Å². The average molecular weight is 259 g/mol. The topological polar surface area (TPSA) is 39.1 Å². The van der Waals surface area contributed by atoms with Gasteiger partial charge in [0, 0.05) is 37.9 Å². The normalized spacial score (nSPS) is 12.4. The van der Waals surface area contributed by atoms with Gasteiger partial charge in [-0.3, -0.25) is 4.68 Å². The molecule has 0 radical (unpaired) electrons. The van der Waals surface area contributed by atoms with Crippen molar-refractivity contribution < 1.29 is 4.74 Å². The molecule has 0 amide bonds. The highest BCUT2D eigenvalue weighted by molar-refractivity contribution is 5.30. The Labute approximate surface area is 114 Å². The van der Waals surface area contributed by atoms with E-state index < -0.39 is 0 Å². The fourth-order valence-corrected chi connectivity index (χ4v) is 2.09. The van der Waals surface area contributed by atoms with Crippen molar-refractivity contribution in [3.05, 3.63) is 47.8 Å². The molecule has 0 aliphatic carbocycles. The fraction of sp³-hybridized carbons (Fsp3) is 0.400. The summed E-state index contributed by atoms with van der Waals surface area (Å²) in [6, 6.07) is 10.5. The first-order valence-electron chi connectivity index (χ1n) is 6.55. The lowest BCUT2D eigenvalue weighted by Crippen LogP contribution is -2.22. The molecule has 4 nitrogen and oxygen atoms in total. The van der Waals surface area contributed by atoms with E-state index in [0.717, 1.165) is 18.7 Å². The minimum atomic E-state index is 0.309. The van der Waals surface area contributed by atoms with Crippen LogP contribution in [-0.2, 0) is 13.5 Å². The molecule has 1 N–H and O–H groups in total. The Morgan fingerprint density at radius 3 is 2.89 bits per heavy atom. The van der Waals surface area contributed by atoms with Crippen molar-refractivity contribution in [3.8, 4) is 5.75 Å². The summed E-state index contributed by atoms with van der Waals surface area (Å²) in [5.74, 6) is 0.901. The van der Waals surface area contributed by atoms with Crippen LogP contribution in [0.3, 0.4) is 0 Å². The van der Waals surface area contributed by atoms with E-state index in [4.69, 9.17) is 4.74 Å². The third kappa shape index (κ3) is 3.58. The molecule has 2 aromatic rings. The molecule has 0 aliphatic heterocycles. The molecule has 0 saturated heterocycles. The van der Waals surface area contributed by atoms with Crippen molar-refractivity contribution >= 4 is 0 Å². The second-order valence-corrected chi connectivity index (χ2v) is 4.65. The number of aryl methyl sites for hydroxylation is 1. The van der Waals surface area contributed by atoms with Crippen LogP contribution in [-0.4, -0.2) is 23.4 Å². The highest BCUT2D eigenvalue weighted by Gasteiger charge is 2.06. The molecule has 2 rings (SSSR count). The van der Waals surface area contributed by atoms with E-state index in [-0.39, 0.29) is 0 Å². The maximum atomic E-state index is 5.24. The molecule has 1 atom stereocenters. The zero-order chi connectivity index (χ0) is 13.7. The molecule has 0 aliphatic rings. The van der Waals surface area contributed by atoms with Crippen LogP contribution >= 0.6 is 0 Å². The highest BCUT2D eigenvalue weighted by atomic mass is 16.5. The average Bonchev–Trinajstić information content (AvgIpc) is 2.84. The number of ether oxygens (including phenoxy) is 1. The summed E-state index contributed by atoms with van der Waals surface area (Å²) in [6.45, 7) is 3.09. The van der Waals surface area contributed by atoms with Crippen LogP contribution < -0.4 is 10.1 Å². The first-order valence-corrected chi connectivity index (χ1v) is 6.55. The molecule has 102 valence electrons. The van der Waals surface area contributed by atoms with E-state index in [0.29, 0.717) is 6.04 Å². The van der Waals surface area contributed by atoms with Crippen molar-refractivity contribution in [2.75, 3.05) is 13.7 Å². The van der Waals surface area contributed by atoms with Crippen LogP contribution in [0.2, 0.25) is 0 Å². The maximum Gasteiger partial charge on any atom is 0.119 e. The molecule has 0 bridgehead atoms. The quantitative estimate of drug-likeness (QED) is 0.865. The van der Waals surface area contributed by atoms with Crippen LogP contribution in [0.1, 0.15) is 24.2 Å². The molecule has 1 aromatic heterocycles. The van der Waals surface area contributed by atoms with Gasteiger partial charge in [0.1, 0.15) is 5.75 Å². The fourth-order valence-electron chi connectivity index (χ4n) is 2.09. The summed E-state index contributed by atoms with van der Waals surface area (Å²) < 4.78 is 7.16. The van der Waals surface area contributed by atoms with E-state index >= 15 is 0 Å². The molecule has 4 heteroatoms. The summed E-state index contributed by atoms with van der Waals surface area (Å²) in [5.41, 5.74) is 2.48. The van der Waals surface area contributed by atoms with E-state index in [1.54, 1.807) is 7.11 Å². The van der Waals surface area contributed by atoms with Crippen molar-refractivity contribution in [2.24, 2.45) is 7.05 Å². The second kappa shape index (κ2) is 6.38. The molecule has 1 heterocycles. The van der Waals surface area contributed by atoms with Gasteiger partial charge in [0.05, 0.1) is 7.11 Å². The molecule has 1 unspecified atom stereocenters. The number of hydrogen-bond acceptors (Lipinski definition) is 3. The van der Waals surface area contributed by atoms with Gasteiger partial charge in [0.15, 0.2) is 0 Å². The van der Waals surface area contributed by atoms with Crippen molar-refractivity contribution in [1.29, 1.82) is 0 Å². The Morgan fingerprint density at radius 1 is 1.37 bits per heavy atom. The van der Waals surface area contributed by atoms with Gasteiger partial charge in [-0.15, -0.1) is 0 Å². The lowest BCUT2D eigenvalue weighted by atomic mass is 10.1. The van der Waals surface area contributed by atoms with E-state index in [9.17, 15) is 0 Å². The Balaban J connectivity index is 1.87. The van der Waals surface area contributed by atoms with E-state index in [1.807, 2.05) is 30.1 Å².